The fourth-order valence-electron chi connectivity index (χ4n) is 4.32. The molecule has 2 fully saturated rings. The number of pyridine rings is 1. The third-order valence-corrected chi connectivity index (χ3v) is 7.73. The van der Waals surface area contributed by atoms with Crippen LogP contribution in [0.1, 0.15) is 56.2 Å². The number of nitriles is 1. The second kappa shape index (κ2) is 11.3. The fraction of sp³-hybridized carbons (Fsp3) is 0.583. The van der Waals surface area contributed by atoms with Gasteiger partial charge < -0.3 is 9.80 Å². The molecule has 0 bridgehead atoms. The Labute approximate surface area is 206 Å². The zero-order chi connectivity index (χ0) is 24.1. The summed E-state index contributed by atoms with van der Waals surface area (Å²) in [5.74, 6) is 0.707. The second-order valence-electron chi connectivity index (χ2n) is 8.58. The Morgan fingerprint density at radius 3 is 2.42 bits per heavy atom. The molecule has 2 aliphatic heterocycles. The number of rotatable bonds is 8. The summed E-state index contributed by atoms with van der Waals surface area (Å²) >= 11 is 6.82. The molecule has 0 N–H and O–H groups in total. The maximum Gasteiger partial charge on any atom is 0.270 e. The van der Waals surface area contributed by atoms with Gasteiger partial charge in [-0.05, 0) is 39.0 Å². The van der Waals surface area contributed by atoms with Gasteiger partial charge in [0.1, 0.15) is 21.8 Å². The zero-order valence-corrected chi connectivity index (χ0v) is 21.7. The predicted octanol–water partition coefficient (Wildman–Crippen LogP) is 3.58. The van der Waals surface area contributed by atoms with Crippen molar-refractivity contribution in [1.29, 1.82) is 5.26 Å². The quantitative estimate of drug-likeness (QED) is 0.315. The Hall–Kier alpha value is -2.15. The number of unbranched alkanes of at least 4 members (excludes halogenated alkanes) is 3. The first-order chi connectivity index (χ1) is 15.8. The van der Waals surface area contributed by atoms with Crippen LogP contribution in [0.25, 0.3) is 6.08 Å². The van der Waals surface area contributed by atoms with E-state index in [0.29, 0.717) is 27.9 Å². The van der Waals surface area contributed by atoms with Gasteiger partial charge in [-0.1, -0.05) is 50.2 Å². The molecular formula is C24H33N5O2S2. The van der Waals surface area contributed by atoms with Crippen molar-refractivity contribution in [3.63, 3.8) is 0 Å². The van der Waals surface area contributed by atoms with Crippen LogP contribution in [0, 0.1) is 18.3 Å². The Morgan fingerprint density at radius 2 is 1.82 bits per heavy atom. The number of hydrogen-bond donors (Lipinski definition) is 0. The number of carbonyl (C=O) groups is 1. The van der Waals surface area contributed by atoms with Gasteiger partial charge in [0.05, 0.1) is 4.91 Å². The fourth-order valence-corrected chi connectivity index (χ4v) is 5.61. The standard InChI is InChI=1S/C24H33N5O2S2/c1-5-7-8-9-10-29-23(31)20(33-24(29)32)15-18-17(3)19(16-25)22(30)28(6-2)21(18)27-13-11-26(4)12-14-27/h15H,5-14H2,1-4H3/b20-15-. The third-order valence-electron chi connectivity index (χ3n) is 6.35. The Kier molecular flexibility index (Phi) is 8.74. The zero-order valence-electron chi connectivity index (χ0n) is 20.0. The van der Waals surface area contributed by atoms with E-state index >= 15 is 0 Å². The molecule has 0 atom stereocenters. The molecule has 0 aliphatic carbocycles. The highest BCUT2D eigenvalue weighted by atomic mass is 32.2. The Morgan fingerprint density at radius 1 is 1.12 bits per heavy atom. The van der Waals surface area contributed by atoms with Crippen LogP contribution in [-0.4, -0.2) is 64.4 Å². The van der Waals surface area contributed by atoms with E-state index in [0.717, 1.165) is 63.2 Å². The lowest BCUT2D eigenvalue weighted by Crippen LogP contribution is -2.47. The van der Waals surface area contributed by atoms with Crippen molar-refractivity contribution < 1.29 is 4.79 Å². The summed E-state index contributed by atoms with van der Waals surface area (Å²) in [6, 6.07) is 2.09. The molecule has 0 radical (unpaired) electrons. The number of anilines is 1. The molecule has 178 valence electrons. The molecule has 0 unspecified atom stereocenters. The highest BCUT2D eigenvalue weighted by Gasteiger charge is 2.33. The number of aromatic nitrogens is 1. The summed E-state index contributed by atoms with van der Waals surface area (Å²) in [5.41, 5.74) is 1.25. The summed E-state index contributed by atoms with van der Waals surface area (Å²) in [6.07, 6.45) is 6.14. The van der Waals surface area contributed by atoms with Crippen molar-refractivity contribution in [3.05, 3.63) is 31.9 Å². The van der Waals surface area contributed by atoms with Crippen molar-refractivity contribution in [2.45, 2.75) is 53.0 Å². The van der Waals surface area contributed by atoms with Crippen molar-refractivity contribution in [1.82, 2.24) is 14.4 Å². The van der Waals surface area contributed by atoms with Gasteiger partial charge in [0, 0.05) is 44.8 Å². The molecule has 2 saturated heterocycles. The van der Waals surface area contributed by atoms with Gasteiger partial charge in [-0.25, -0.2) is 0 Å². The van der Waals surface area contributed by atoms with E-state index in [-0.39, 0.29) is 17.0 Å². The van der Waals surface area contributed by atoms with Crippen LogP contribution in [0.2, 0.25) is 0 Å². The van der Waals surface area contributed by atoms with Crippen LogP contribution < -0.4 is 10.5 Å². The topological polar surface area (TPSA) is 72.6 Å². The van der Waals surface area contributed by atoms with Gasteiger partial charge >= 0.3 is 0 Å². The van der Waals surface area contributed by atoms with Crippen LogP contribution in [-0.2, 0) is 11.3 Å². The van der Waals surface area contributed by atoms with Crippen LogP contribution in [0.5, 0.6) is 0 Å². The van der Waals surface area contributed by atoms with E-state index < -0.39 is 0 Å². The molecule has 3 rings (SSSR count). The van der Waals surface area contributed by atoms with E-state index in [1.54, 1.807) is 16.4 Å². The van der Waals surface area contributed by atoms with Crippen molar-refractivity contribution in [3.8, 4) is 6.07 Å². The third kappa shape index (κ3) is 5.34. The molecule has 0 spiro atoms. The molecule has 33 heavy (non-hydrogen) atoms. The number of carbonyl (C=O) groups excluding carboxylic acids is 1. The summed E-state index contributed by atoms with van der Waals surface area (Å²) < 4.78 is 2.25. The molecule has 1 aromatic heterocycles. The van der Waals surface area contributed by atoms with Crippen LogP contribution in [0.4, 0.5) is 5.82 Å². The molecule has 0 aromatic carbocycles. The highest BCUT2D eigenvalue weighted by Crippen LogP contribution is 2.36. The summed E-state index contributed by atoms with van der Waals surface area (Å²) in [4.78, 5) is 33.0. The van der Waals surface area contributed by atoms with E-state index in [1.807, 2.05) is 13.0 Å². The monoisotopic (exact) mass is 487 g/mol. The SMILES string of the molecule is CCCCCCN1C(=O)/C(=C/c2c(C)c(C#N)c(=O)n(CC)c2N2CCN(C)CC2)SC1=S. The van der Waals surface area contributed by atoms with Gasteiger partial charge in [-0.15, -0.1) is 0 Å². The van der Waals surface area contributed by atoms with Crippen LogP contribution in [0.15, 0.2) is 9.70 Å². The van der Waals surface area contributed by atoms with Crippen LogP contribution >= 0.6 is 24.0 Å². The van der Waals surface area contributed by atoms with Gasteiger partial charge in [0.15, 0.2) is 0 Å². The Balaban J connectivity index is 2.05. The molecule has 1 amide bonds. The number of piperazine rings is 1. The number of thiocarbonyl (C=S) groups is 1. The minimum Gasteiger partial charge on any atom is -0.355 e. The average Bonchev–Trinajstić information content (AvgIpc) is 3.06. The first kappa shape index (κ1) is 25.5. The summed E-state index contributed by atoms with van der Waals surface area (Å²) in [6.45, 7) is 10.3. The number of likely N-dealkylation sites (N-methyl/N-ethyl adjacent to an activating group) is 1. The van der Waals surface area contributed by atoms with E-state index in [9.17, 15) is 14.9 Å². The normalized spacial score (nSPS) is 18.5. The molecule has 3 heterocycles. The van der Waals surface area contributed by atoms with E-state index in [4.69, 9.17) is 12.2 Å². The lowest BCUT2D eigenvalue weighted by atomic mass is 10.0. The Bertz CT molecular complexity index is 1050. The first-order valence-corrected chi connectivity index (χ1v) is 12.9. The molecule has 1 aromatic rings. The second-order valence-corrected chi connectivity index (χ2v) is 10.3. The summed E-state index contributed by atoms with van der Waals surface area (Å²) in [7, 11) is 2.08. The molecule has 0 saturated carbocycles. The van der Waals surface area contributed by atoms with Gasteiger partial charge in [-0.2, -0.15) is 5.26 Å². The maximum absolute atomic E-state index is 13.2. The molecule has 9 heteroatoms. The van der Waals surface area contributed by atoms with Gasteiger partial charge in [0.25, 0.3) is 11.5 Å². The van der Waals surface area contributed by atoms with Gasteiger partial charge in [0.2, 0.25) is 0 Å². The molecule has 2 aliphatic rings. The molecule has 7 nitrogen and oxygen atoms in total. The van der Waals surface area contributed by atoms with E-state index in [1.165, 1.54) is 11.8 Å². The average molecular weight is 488 g/mol. The van der Waals surface area contributed by atoms with E-state index in [2.05, 4.69) is 29.8 Å². The smallest absolute Gasteiger partial charge is 0.270 e. The number of nitrogens with zero attached hydrogens (tertiary/aromatic N) is 5. The number of thioether (sulfide) groups is 1. The van der Waals surface area contributed by atoms with Crippen molar-refractivity contribution >= 4 is 46.1 Å². The molecular weight excluding hydrogens is 454 g/mol. The lowest BCUT2D eigenvalue weighted by molar-refractivity contribution is -0.122. The lowest BCUT2D eigenvalue weighted by Gasteiger charge is -2.36. The number of amides is 1. The van der Waals surface area contributed by atoms with Crippen molar-refractivity contribution in [2.24, 2.45) is 0 Å². The number of hydrogen-bond acceptors (Lipinski definition) is 7. The maximum atomic E-state index is 13.2. The van der Waals surface area contributed by atoms with Crippen molar-refractivity contribution in [2.75, 3.05) is 44.7 Å². The van der Waals surface area contributed by atoms with Gasteiger partial charge in [-0.3, -0.25) is 19.1 Å². The van der Waals surface area contributed by atoms with Crippen LogP contribution in [0.3, 0.4) is 0 Å². The minimum absolute atomic E-state index is 0.0852. The summed E-state index contributed by atoms with van der Waals surface area (Å²) in [5, 5.41) is 9.71. The largest absolute Gasteiger partial charge is 0.355 e. The predicted molar refractivity (Wildman–Crippen MR) is 140 cm³/mol. The minimum atomic E-state index is -0.271. The first-order valence-electron chi connectivity index (χ1n) is 11.7. The highest BCUT2D eigenvalue weighted by molar-refractivity contribution is 8.26.